The minimum absolute atomic E-state index is 0.0355. The van der Waals surface area contributed by atoms with Gasteiger partial charge in [-0.25, -0.2) is 9.59 Å². The smallest absolute Gasteiger partial charge is 0.409 e. The van der Waals surface area contributed by atoms with E-state index in [-0.39, 0.29) is 18.0 Å². The van der Waals surface area contributed by atoms with E-state index in [4.69, 9.17) is 14.7 Å². The second-order valence-electron chi connectivity index (χ2n) is 4.65. The van der Waals surface area contributed by atoms with Crippen LogP contribution in [0.2, 0.25) is 0 Å². The standard InChI is InChI=1S/C12H17N3O6/c1-2-20-12(19)15-5-3-14(4-6-15)10(16)9-7-8(11(17)18)13-21-9/h9H,2-7H2,1H3,(H,17,18). The maximum Gasteiger partial charge on any atom is 0.409 e. The fourth-order valence-electron chi connectivity index (χ4n) is 2.16. The number of carboxylic acids is 1. The van der Waals surface area contributed by atoms with Crippen molar-refractivity contribution >= 4 is 23.7 Å². The van der Waals surface area contributed by atoms with Crippen LogP contribution in [0.4, 0.5) is 4.79 Å². The fourth-order valence-corrected chi connectivity index (χ4v) is 2.16. The van der Waals surface area contributed by atoms with E-state index in [1.807, 2.05) is 0 Å². The minimum atomic E-state index is -1.18. The van der Waals surface area contributed by atoms with Gasteiger partial charge in [-0.05, 0) is 6.92 Å². The zero-order valence-corrected chi connectivity index (χ0v) is 11.7. The van der Waals surface area contributed by atoms with E-state index in [2.05, 4.69) is 5.16 Å². The number of amides is 2. The Bertz CT molecular complexity index is 470. The first-order valence-electron chi connectivity index (χ1n) is 6.69. The van der Waals surface area contributed by atoms with Crippen molar-refractivity contribution in [3.63, 3.8) is 0 Å². The lowest BCUT2D eigenvalue weighted by molar-refractivity contribution is -0.143. The third kappa shape index (κ3) is 3.41. The molecular formula is C12H17N3O6. The minimum Gasteiger partial charge on any atom is -0.477 e. The van der Waals surface area contributed by atoms with Gasteiger partial charge in [-0.3, -0.25) is 4.79 Å². The summed E-state index contributed by atoms with van der Waals surface area (Å²) in [4.78, 5) is 42.4. The molecule has 0 aromatic rings. The Hall–Kier alpha value is -2.32. The van der Waals surface area contributed by atoms with Crippen LogP contribution >= 0.6 is 0 Å². The summed E-state index contributed by atoms with van der Waals surface area (Å²) in [5, 5.41) is 12.2. The Kier molecular flexibility index (Phi) is 4.61. The molecule has 1 saturated heterocycles. The summed E-state index contributed by atoms with van der Waals surface area (Å²) in [5.74, 6) is -1.49. The topological polar surface area (TPSA) is 109 Å². The van der Waals surface area contributed by atoms with Crippen LogP contribution in [-0.2, 0) is 19.2 Å². The highest BCUT2D eigenvalue weighted by atomic mass is 16.6. The van der Waals surface area contributed by atoms with Crippen molar-refractivity contribution in [2.24, 2.45) is 5.16 Å². The van der Waals surface area contributed by atoms with E-state index in [0.29, 0.717) is 32.8 Å². The van der Waals surface area contributed by atoms with E-state index in [9.17, 15) is 14.4 Å². The number of nitrogens with zero attached hydrogens (tertiary/aromatic N) is 3. The molecule has 1 fully saturated rings. The quantitative estimate of drug-likeness (QED) is 0.753. The molecule has 0 aliphatic carbocycles. The summed E-state index contributed by atoms with van der Waals surface area (Å²) in [6.45, 7) is 3.52. The molecule has 2 amide bonds. The molecule has 0 radical (unpaired) electrons. The lowest BCUT2D eigenvalue weighted by Crippen LogP contribution is -2.53. The molecule has 1 unspecified atom stereocenters. The van der Waals surface area contributed by atoms with Gasteiger partial charge in [0.2, 0.25) is 6.10 Å². The van der Waals surface area contributed by atoms with Crippen molar-refractivity contribution in [1.82, 2.24) is 9.80 Å². The number of piperazine rings is 1. The Labute approximate surface area is 121 Å². The molecule has 1 N–H and O–H groups in total. The highest BCUT2D eigenvalue weighted by Crippen LogP contribution is 2.15. The van der Waals surface area contributed by atoms with Crippen LogP contribution in [0, 0.1) is 0 Å². The van der Waals surface area contributed by atoms with Gasteiger partial charge in [-0.1, -0.05) is 5.16 Å². The first-order chi connectivity index (χ1) is 10.0. The predicted molar refractivity (Wildman–Crippen MR) is 69.7 cm³/mol. The average Bonchev–Trinajstić information content (AvgIpc) is 2.97. The number of carboxylic acid groups (broad SMARTS) is 1. The molecule has 9 nitrogen and oxygen atoms in total. The van der Waals surface area contributed by atoms with Crippen LogP contribution in [0.25, 0.3) is 0 Å². The number of oxime groups is 1. The Morgan fingerprint density at radius 3 is 2.43 bits per heavy atom. The van der Waals surface area contributed by atoms with E-state index in [1.165, 1.54) is 4.90 Å². The van der Waals surface area contributed by atoms with Crippen LogP contribution in [0.1, 0.15) is 13.3 Å². The Morgan fingerprint density at radius 2 is 1.90 bits per heavy atom. The van der Waals surface area contributed by atoms with Gasteiger partial charge < -0.3 is 24.5 Å². The van der Waals surface area contributed by atoms with Gasteiger partial charge in [0.05, 0.1) is 6.61 Å². The Morgan fingerprint density at radius 1 is 1.29 bits per heavy atom. The predicted octanol–water partition coefficient (Wildman–Crippen LogP) is -0.483. The highest BCUT2D eigenvalue weighted by molar-refractivity contribution is 6.36. The summed E-state index contributed by atoms with van der Waals surface area (Å²) < 4.78 is 4.89. The van der Waals surface area contributed by atoms with E-state index in [1.54, 1.807) is 11.8 Å². The number of carbonyl (C=O) groups is 3. The van der Waals surface area contributed by atoms with Crippen LogP contribution in [-0.4, -0.2) is 77.5 Å². The SMILES string of the molecule is CCOC(=O)N1CCN(C(=O)C2CC(C(=O)O)=NO2)CC1. The molecule has 21 heavy (non-hydrogen) atoms. The largest absolute Gasteiger partial charge is 0.477 e. The van der Waals surface area contributed by atoms with Crippen molar-refractivity contribution in [1.29, 1.82) is 0 Å². The van der Waals surface area contributed by atoms with E-state index in [0.717, 1.165) is 0 Å². The number of hydrogen-bond acceptors (Lipinski definition) is 6. The molecule has 0 saturated carbocycles. The first-order valence-corrected chi connectivity index (χ1v) is 6.69. The first kappa shape index (κ1) is 15.1. The number of rotatable bonds is 3. The number of aliphatic carboxylic acids is 1. The molecule has 2 aliphatic heterocycles. The maximum absolute atomic E-state index is 12.2. The van der Waals surface area contributed by atoms with Crippen LogP contribution < -0.4 is 0 Å². The van der Waals surface area contributed by atoms with Crippen molar-refractivity contribution in [2.45, 2.75) is 19.4 Å². The van der Waals surface area contributed by atoms with Crippen molar-refractivity contribution in [2.75, 3.05) is 32.8 Å². The lowest BCUT2D eigenvalue weighted by Gasteiger charge is -2.34. The number of hydrogen-bond donors (Lipinski definition) is 1. The molecule has 2 aliphatic rings. The van der Waals surface area contributed by atoms with Gasteiger partial charge in [0.15, 0.2) is 5.71 Å². The molecule has 2 heterocycles. The van der Waals surface area contributed by atoms with Crippen LogP contribution in [0.15, 0.2) is 5.16 Å². The maximum atomic E-state index is 12.2. The number of ether oxygens (including phenoxy) is 1. The van der Waals surface area contributed by atoms with Gasteiger partial charge in [0, 0.05) is 32.6 Å². The zero-order chi connectivity index (χ0) is 15.4. The van der Waals surface area contributed by atoms with Gasteiger partial charge in [-0.2, -0.15) is 0 Å². The van der Waals surface area contributed by atoms with E-state index < -0.39 is 18.2 Å². The van der Waals surface area contributed by atoms with Crippen molar-refractivity contribution in [3.8, 4) is 0 Å². The molecule has 0 aromatic heterocycles. The molecule has 0 bridgehead atoms. The third-order valence-electron chi connectivity index (χ3n) is 3.31. The summed E-state index contributed by atoms with van der Waals surface area (Å²) in [6, 6.07) is 0. The molecule has 116 valence electrons. The summed E-state index contributed by atoms with van der Waals surface area (Å²) in [6.07, 6.45) is -1.31. The second-order valence-corrected chi connectivity index (χ2v) is 4.65. The van der Waals surface area contributed by atoms with Gasteiger partial charge in [0.1, 0.15) is 0 Å². The lowest BCUT2D eigenvalue weighted by atomic mass is 10.1. The molecule has 0 aromatic carbocycles. The monoisotopic (exact) mass is 299 g/mol. The van der Waals surface area contributed by atoms with Crippen molar-refractivity contribution < 1.29 is 29.1 Å². The molecule has 1 atom stereocenters. The third-order valence-corrected chi connectivity index (χ3v) is 3.31. The molecule has 9 heteroatoms. The van der Waals surface area contributed by atoms with E-state index >= 15 is 0 Å². The zero-order valence-electron chi connectivity index (χ0n) is 11.7. The number of carbonyl (C=O) groups excluding carboxylic acids is 2. The highest BCUT2D eigenvalue weighted by Gasteiger charge is 2.36. The van der Waals surface area contributed by atoms with Crippen molar-refractivity contribution in [3.05, 3.63) is 0 Å². The van der Waals surface area contributed by atoms with Crippen LogP contribution in [0.5, 0.6) is 0 Å². The van der Waals surface area contributed by atoms with Crippen LogP contribution in [0.3, 0.4) is 0 Å². The van der Waals surface area contributed by atoms with Gasteiger partial charge >= 0.3 is 12.1 Å². The molecule has 2 rings (SSSR count). The second kappa shape index (κ2) is 6.42. The normalized spacial score (nSPS) is 21.6. The summed E-state index contributed by atoms with van der Waals surface area (Å²) in [5.41, 5.74) is -0.154. The summed E-state index contributed by atoms with van der Waals surface area (Å²) in [7, 11) is 0. The molecule has 0 spiro atoms. The average molecular weight is 299 g/mol. The summed E-state index contributed by atoms with van der Waals surface area (Å²) >= 11 is 0. The van der Waals surface area contributed by atoms with Gasteiger partial charge in [-0.15, -0.1) is 0 Å². The Balaban J connectivity index is 1.82. The fraction of sp³-hybridized carbons (Fsp3) is 0.667. The molecular weight excluding hydrogens is 282 g/mol. The van der Waals surface area contributed by atoms with Gasteiger partial charge in [0.25, 0.3) is 5.91 Å².